The summed E-state index contributed by atoms with van der Waals surface area (Å²) in [7, 11) is 3.43. The van der Waals surface area contributed by atoms with Crippen molar-refractivity contribution in [2.45, 2.75) is 19.9 Å². The highest BCUT2D eigenvalue weighted by Gasteiger charge is 2.48. The molecule has 35 heavy (non-hydrogen) atoms. The van der Waals surface area contributed by atoms with Crippen LogP contribution in [0, 0.1) is 13.8 Å². The lowest BCUT2D eigenvalue weighted by Crippen LogP contribution is -2.29. The number of aryl methyl sites for hydroxylation is 3. The minimum Gasteiger partial charge on any atom is -0.507 e. The van der Waals surface area contributed by atoms with Crippen molar-refractivity contribution >= 4 is 34.0 Å². The van der Waals surface area contributed by atoms with Crippen molar-refractivity contribution in [2.75, 3.05) is 12.0 Å². The summed E-state index contributed by atoms with van der Waals surface area (Å²) in [5.74, 6) is -1.25. The Kier molecular flexibility index (Phi) is 5.44. The van der Waals surface area contributed by atoms with Crippen molar-refractivity contribution in [1.29, 1.82) is 0 Å². The zero-order valence-electron chi connectivity index (χ0n) is 20.1. The van der Waals surface area contributed by atoms with E-state index in [1.807, 2.05) is 74.1 Å². The number of amides is 1. The summed E-state index contributed by atoms with van der Waals surface area (Å²) in [5, 5.41) is 12.4. The number of para-hydroxylation sites is 2. The number of aliphatic hydroxyl groups is 1. The van der Waals surface area contributed by atoms with Crippen LogP contribution in [0.1, 0.15) is 28.3 Å². The van der Waals surface area contributed by atoms with E-state index in [9.17, 15) is 14.7 Å². The number of aromatic nitrogens is 1. The Labute approximate surface area is 203 Å². The molecule has 1 aromatic heterocycles. The molecule has 1 aliphatic heterocycles. The smallest absolute Gasteiger partial charge is 0.300 e. The number of aliphatic hydroxyl groups excluding tert-OH is 1. The largest absolute Gasteiger partial charge is 0.507 e. The monoisotopic (exact) mass is 466 g/mol. The Morgan fingerprint density at radius 3 is 2.31 bits per heavy atom. The van der Waals surface area contributed by atoms with Gasteiger partial charge in [-0.1, -0.05) is 36.4 Å². The number of nitrogens with zero attached hydrogens (tertiary/aromatic N) is 2. The molecule has 176 valence electrons. The highest BCUT2D eigenvalue weighted by molar-refractivity contribution is 6.52. The van der Waals surface area contributed by atoms with Gasteiger partial charge in [-0.25, -0.2) is 0 Å². The maximum absolute atomic E-state index is 13.5. The first-order valence-electron chi connectivity index (χ1n) is 11.4. The van der Waals surface area contributed by atoms with Crippen LogP contribution in [0.15, 0.2) is 78.5 Å². The second-order valence-corrected chi connectivity index (χ2v) is 8.93. The van der Waals surface area contributed by atoms with E-state index >= 15 is 0 Å². The predicted molar refractivity (Wildman–Crippen MR) is 137 cm³/mol. The van der Waals surface area contributed by atoms with Crippen molar-refractivity contribution in [3.63, 3.8) is 0 Å². The minimum atomic E-state index is -0.813. The van der Waals surface area contributed by atoms with E-state index in [0.29, 0.717) is 17.0 Å². The number of anilines is 1. The number of carbonyl (C=O) groups is 2. The van der Waals surface area contributed by atoms with Crippen LogP contribution in [0.3, 0.4) is 0 Å². The first-order valence-corrected chi connectivity index (χ1v) is 11.4. The second kappa shape index (κ2) is 8.47. The van der Waals surface area contributed by atoms with Gasteiger partial charge in [0.2, 0.25) is 0 Å². The number of methoxy groups -OCH3 is 1. The molecule has 1 fully saturated rings. The van der Waals surface area contributed by atoms with Gasteiger partial charge in [-0.2, -0.15) is 0 Å². The van der Waals surface area contributed by atoms with Gasteiger partial charge in [-0.05, 0) is 55.3 Å². The summed E-state index contributed by atoms with van der Waals surface area (Å²) in [6.45, 7) is 3.91. The number of benzene rings is 3. The van der Waals surface area contributed by atoms with Gasteiger partial charge in [0.1, 0.15) is 11.5 Å². The van der Waals surface area contributed by atoms with E-state index < -0.39 is 17.7 Å². The van der Waals surface area contributed by atoms with Crippen LogP contribution in [0.5, 0.6) is 5.75 Å². The standard InChI is InChI=1S/C29H26N2O4/c1-17-13-18(2)15-19(14-17)31-26(22-16-30(3)23-11-7-5-9-20(22)23)25(28(33)29(31)34)27(32)21-10-6-8-12-24(21)35-4/h5-16,26,32H,1-4H3/b27-25+. The maximum Gasteiger partial charge on any atom is 0.300 e. The fourth-order valence-corrected chi connectivity index (χ4v) is 5.06. The van der Waals surface area contributed by atoms with E-state index in [-0.39, 0.29) is 11.3 Å². The summed E-state index contributed by atoms with van der Waals surface area (Å²) in [4.78, 5) is 28.6. The van der Waals surface area contributed by atoms with Crippen LogP contribution in [0.4, 0.5) is 5.69 Å². The quantitative estimate of drug-likeness (QED) is 0.247. The fourth-order valence-electron chi connectivity index (χ4n) is 5.06. The normalized spacial score (nSPS) is 17.4. The molecule has 3 aromatic carbocycles. The molecule has 0 bridgehead atoms. The summed E-state index contributed by atoms with van der Waals surface area (Å²) in [5.41, 5.74) is 4.69. The van der Waals surface area contributed by atoms with Crippen molar-refractivity contribution in [3.8, 4) is 5.75 Å². The number of rotatable bonds is 4. The molecule has 4 aromatic rings. The topological polar surface area (TPSA) is 71.8 Å². The van der Waals surface area contributed by atoms with E-state index in [0.717, 1.165) is 27.6 Å². The third-order valence-electron chi connectivity index (χ3n) is 6.51. The Morgan fingerprint density at radius 1 is 0.943 bits per heavy atom. The molecule has 2 heterocycles. The molecule has 0 radical (unpaired) electrons. The van der Waals surface area contributed by atoms with Gasteiger partial charge in [-0.15, -0.1) is 0 Å². The van der Waals surface area contributed by atoms with Crippen molar-refractivity contribution in [1.82, 2.24) is 4.57 Å². The van der Waals surface area contributed by atoms with Gasteiger partial charge in [0.25, 0.3) is 11.7 Å². The zero-order valence-corrected chi connectivity index (χ0v) is 20.1. The van der Waals surface area contributed by atoms with E-state index in [4.69, 9.17) is 4.74 Å². The number of hydrogen-bond donors (Lipinski definition) is 1. The lowest BCUT2D eigenvalue weighted by molar-refractivity contribution is -0.132. The fraction of sp³-hybridized carbons (Fsp3) is 0.172. The highest BCUT2D eigenvalue weighted by atomic mass is 16.5. The average molecular weight is 467 g/mol. The van der Waals surface area contributed by atoms with Crippen molar-refractivity contribution in [2.24, 2.45) is 7.05 Å². The molecule has 1 aliphatic rings. The van der Waals surface area contributed by atoms with Crippen LogP contribution in [-0.2, 0) is 16.6 Å². The van der Waals surface area contributed by atoms with Gasteiger partial charge < -0.3 is 14.4 Å². The van der Waals surface area contributed by atoms with E-state index in [1.165, 1.54) is 12.0 Å². The second-order valence-electron chi connectivity index (χ2n) is 8.93. The molecular weight excluding hydrogens is 440 g/mol. The predicted octanol–water partition coefficient (Wildman–Crippen LogP) is 5.43. The van der Waals surface area contributed by atoms with Crippen LogP contribution in [0.2, 0.25) is 0 Å². The Hall–Kier alpha value is -4.32. The number of ether oxygens (including phenoxy) is 1. The van der Waals surface area contributed by atoms with Gasteiger partial charge in [0.15, 0.2) is 0 Å². The van der Waals surface area contributed by atoms with Crippen LogP contribution < -0.4 is 9.64 Å². The van der Waals surface area contributed by atoms with Gasteiger partial charge in [-0.3, -0.25) is 14.5 Å². The lowest BCUT2D eigenvalue weighted by atomic mass is 9.94. The number of hydrogen-bond acceptors (Lipinski definition) is 4. The molecule has 1 unspecified atom stereocenters. The van der Waals surface area contributed by atoms with Crippen molar-refractivity contribution < 1.29 is 19.4 Å². The summed E-state index contributed by atoms with van der Waals surface area (Å²) in [6, 6.07) is 19.7. The first kappa shape index (κ1) is 22.5. The molecular formula is C29H26N2O4. The zero-order chi connectivity index (χ0) is 24.9. The molecule has 1 N–H and O–H groups in total. The summed E-state index contributed by atoms with van der Waals surface area (Å²) >= 11 is 0. The summed E-state index contributed by atoms with van der Waals surface area (Å²) in [6.07, 6.45) is 1.92. The molecule has 5 rings (SSSR count). The third kappa shape index (κ3) is 3.58. The lowest BCUT2D eigenvalue weighted by Gasteiger charge is -2.26. The number of Topliss-reactive ketones (excluding diaryl/α,β-unsaturated/α-hetero) is 1. The maximum atomic E-state index is 13.5. The molecule has 1 atom stereocenters. The Morgan fingerprint density at radius 2 is 1.60 bits per heavy atom. The molecule has 1 saturated heterocycles. The molecule has 6 heteroatoms. The first-order chi connectivity index (χ1) is 16.8. The third-order valence-corrected chi connectivity index (χ3v) is 6.51. The molecule has 6 nitrogen and oxygen atoms in total. The van der Waals surface area contributed by atoms with Crippen LogP contribution >= 0.6 is 0 Å². The number of carbonyl (C=O) groups excluding carboxylic acids is 2. The van der Waals surface area contributed by atoms with Gasteiger partial charge in [0.05, 0.1) is 24.3 Å². The van der Waals surface area contributed by atoms with Crippen LogP contribution in [-0.4, -0.2) is 28.5 Å². The van der Waals surface area contributed by atoms with E-state index in [1.54, 1.807) is 24.3 Å². The minimum absolute atomic E-state index is 0.0370. The summed E-state index contributed by atoms with van der Waals surface area (Å²) < 4.78 is 7.41. The molecule has 0 aliphatic carbocycles. The average Bonchev–Trinajstić information content (AvgIpc) is 3.31. The SMILES string of the molecule is COc1ccccc1/C(O)=C1\C(=O)C(=O)N(c2cc(C)cc(C)c2)C1c1cn(C)c2ccccc12. The number of ketones is 1. The Balaban J connectivity index is 1.84. The molecule has 0 saturated carbocycles. The highest BCUT2D eigenvalue weighted by Crippen LogP contribution is 2.45. The van der Waals surface area contributed by atoms with E-state index in [2.05, 4.69) is 0 Å². The van der Waals surface area contributed by atoms with Gasteiger partial charge >= 0.3 is 0 Å². The number of fused-ring (bicyclic) bond motifs is 1. The van der Waals surface area contributed by atoms with Crippen molar-refractivity contribution in [3.05, 3.63) is 101 Å². The van der Waals surface area contributed by atoms with Crippen LogP contribution in [0.25, 0.3) is 16.7 Å². The molecule has 0 spiro atoms. The molecule has 1 amide bonds. The van der Waals surface area contributed by atoms with Gasteiger partial charge in [0, 0.05) is 35.4 Å². The Bertz CT molecular complexity index is 1510.